The van der Waals surface area contributed by atoms with E-state index in [-0.39, 0.29) is 23.8 Å². The third kappa shape index (κ3) is 3.32. The zero-order valence-electron chi connectivity index (χ0n) is 13.2. The number of nitrogens with one attached hydrogen (secondary N) is 1. The van der Waals surface area contributed by atoms with Crippen molar-refractivity contribution >= 4 is 11.8 Å². The first kappa shape index (κ1) is 15.1. The molecule has 2 fully saturated rings. The highest BCUT2D eigenvalue weighted by Gasteiger charge is 2.29. The van der Waals surface area contributed by atoms with Crippen molar-refractivity contribution in [3.63, 3.8) is 0 Å². The minimum Gasteiger partial charge on any atom is -0.353 e. The summed E-state index contributed by atoms with van der Waals surface area (Å²) in [7, 11) is 0. The number of carbonyl (C=O) groups excluding carboxylic acids is 2. The molecular formula is C18H24N2O2. The SMILES string of the molecule is Cc1cccc(C(=O)N2CCC(NC(=O)C3CCC3)CC2)c1. The maximum atomic E-state index is 12.5. The summed E-state index contributed by atoms with van der Waals surface area (Å²) < 4.78 is 0. The molecule has 0 aromatic heterocycles. The molecular weight excluding hydrogens is 276 g/mol. The summed E-state index contributed by atoms with van der Waals surface area (Å²) in [5, 5.41) is 3.15. The average molecular weight is 300 g/mol. The van der Waals surface area contributed by atoms with Crippen molar-refractivity contribution in [3.8, 4) is 0 Å². The van der Waals surface area contributed by atoms with Crippen LogP contribution in [-0.2, 0) is 4.79 Å². The molecule has 0 radical (unpaired) electrons. The van der Waals surface area contributed by atoms with Crippen LogP contribution in [0.15, 0.2) is 24.3 Å². The van der Waals surface area contributed by atoms with Crippen LogP contribution in [0.1, 0.15) is 48.0 Å². The van der Waals surface area contributed by atoms with Crippen LogP contribution in [0.5, 0.6) is 0 Å². The molecule has 0 spiro atoms. The Balaban J connectivity index is 1.50. The van der Waals surface area contributed by atoms with Crippen LogP contribution in [-0.4, -0.2) is 35.8 Å². The molecule has 1 aromatic carbocycles. The van der Waals surface area contributed by atoms with Gasteiger partial charge in [-0.25, -0.2) is 0 Å². The molecule has 1 heterocycles. The first-order chi connectivity index (χ1) is 10.6. The van der Waals surface area contributed by atoms with Crippen LogP contribution in [0.25, 0.3) is 0 Å². The van der Waals surface area contributed by atoms with Gasteiger partial charge in [0.1, 0.15) is 0 Å². The second-order valence-corrected chi connectivity index (χ2v) is 6.57. The van der Waals surface area contributed by atoms with Crippen molar-refractivity contribution in [1.82, 2.24) is 10.2 Å². The number of benzene rings is 1. The number of hydrogen-bond acceptors (Lipinski definition) is 2. The molecule has 4 nitrogen and oxygen atoms in total. The van der Waals surface area contributed by atoms with E-state index in [1.165, 1.54) is 6.42 Å². The van der Waals surface area contributed by atoms with Crippen LogP contribution in [0.4, 0.5) is 0 Å². The number of nitrogens with zero attached hydrogens (tertiary/aromatic N) is 1. The molecule has 0 unspecified atom stereocenters. The van der Waals surface area contributed by atoms with E-state index in [0.29, 0.717) is 0 Å². The molecule has 1 N–H and O–H groups in total. The first-order valence-electron chi connectivity index (χ1n) is 8.30. The van der Waals surface area contributed by atoms with Crippen molar-refractivity contribution in [3.05, 3.63) is 35.4 Å². The normalized spacial score (nSPS) is 19.6. The van der Waals surface area contributed by atoms with Gasteiger partial charge in [0.25, 0.3) is 5.91 Å². The van der Waals surface area contributed by atoms with E-state index in [4.69, 9.17) is 0 Å². The molecule has 0 bridgehead atoms. The molecule has 22 heavy (non-hydrogen) atoms. The summed E-state index contributed by atoms with van der Waals surface area (Å²) in [6, 6.07) is 7.97. The Hall–Kier alpha value is -1.84. The van der Waals surface area contributed by atoms with Gasteiger partial charge in [0.2, 0.25) is 5.91 Å². The van der Waals surface area contributed by atoms with E-state index >= 15 is 0 Å². The van der Waals surface area contributed by atoms with E-state index in [2.05, 4.69) is 5.32 Å². The Morgan fingerprint density at radius 3 is 2.45 bits per heavy atom. The highest BCUT2D eigenvalue weighted by atomic mass is 16.2. The van der Waals surface area contributed by atoms with Gasteiger partial charge in [-0.2, -0.15) is 0 Å². The summed E-state index contributed by atoms with van der Waals surface area (Å²) in [5.74, 6) is 0.564. The van der Waals surface area contributed by atoms with Crippen LogP contribution in [0.2, 0.25) is 0 Å². The Kier molecular flexibility index (Phi) is 4.46. The largest absolute Gasteiger partial charge is 0.353 e. The predicted octanol–water partition coefficient (Wildman–Crippen LogP) is 2.52. The Labute approximate surface area is 131 Å². The number of rotatable bonds is 3. The molecule has 1 aromatic rings. The van der Waals surface area contributed by atoms with Gasteiger partial charge >= 0.3 is 0 Å². The lowest BCUT2D eigenvalue weighted by Gasteiger charge is -2.34. The van der Waals surface area contributed by atoms with Crippen molar-refractivity contribution in [2.24, 2.45) is 5.92 Å². The van der Waals surface area contributed by atoms with Gasteiger partial charge in [0.15, 0.2) is 0 Å². The molecule has 1 aliphatic heterocycles. The smallest absolute Gasteiger partial charge is 0.253 e. The highest BCUT2D eigenvalue weighted by Crippen LogP contribution is 2.26. The maximum absolute atomic E-state index is 12.5. The summed E-state index contributed by atoms with van der Waals surface area (Å²) in [6.45, 7) is 3.45. The number of piperidine rings is 1. The number of likely N-dealkylation sites (tertiary alicyclic amines) is 1. The van der Waals surface area contributed by atoms with E-state index in [1.54, 1.807) is 0 Å². The molecule has 118 valence electrons. The summed E-state index contributed by atoms with van der Waals surface area (Å²) in [5.41, 5.74) is 1.87. The average Bonchev–Trinajstić information content (AvgIpc) is 2.45. The predicted molar refractivity (Wildman–Crippen MR) is 85.6 cm³/mol. The zero-order valence-corrected chi connectivity index (χ0v) is 13.2. The van der Waals surface area contributed by atoms with Gasteiger partial charge in [0, 0.05) is 30.6 Å². The van der Waals surface area contributed by atoms with Crippen molar-refractivity contribution in [2.75, 3.05) is 13.1 Å². The molecule has 3 rings (SSSR count). The lowest BCUT2D eigenvalue weighted by Crippen LogP contribution is -2.48. The quantitative estimate of drug-likeness (QED) is 0.932. The van der Waals surface area contributed by atoms with Gasteiger partial charge in [0.05, 0.1) is 0 Å². The minimum absolute atomic E-state index is 0.104. The summed E-state index contributed by atoms with van der Waals surface area (Å²) >= 11 is 0. The first-order valence-corrected chi connectivity index (χ1v) is 8.30. The van der Waals surface area contributed by atoms with Crippen molar-refractivity contribution in [2.45, 2.75) is 45.1 Å². The molecule has 0 atom stereocenters. The van der Waals surface area contributed by atoms with Crippen molar-refractivity contribution < 1.29 is 9.59 Å². The lowest BCUT2D eigenvalue weighted by atomic mass is 9.84. The lowest BCUT2D eigenvalue weighted by molar-refractivity contribution is -0.128. The van der Waals surface area contributed by atoms with Gasteiger partial charge in [-0.1, -0.05) is 24.1 Å². The minimum atomic E-state index is 0.104. The summed E-state index contributed by atoms with van der Waals surface area (Å²) in [6.07, 6.45) is 4.97. The zero-order chi connectivity index (χ0) is 15.5. The molecule has 4 heteroatoms. The highest BCUT2D eigenvalue weighted by molar-refractivity contribution is 5.94. The van der Waals surface area contributed by atoms with E-state index in [1.807, 2.05) is 36.1 Å². The molecule has 2 amide bonds. The van der Waals surface area contributed by atoms with E-state index in [9.17, 15) is 9.59 Å². The number of amides is 2. The number of carbonyl (C=O) groups is 2. The summed E-state index contributed by atoms with van der Waals surface area (Å²) in [4.78, 5) is 26.4. The number of hydrogen-bond donors (Lipinski definition) is 1. The Bertz CT molecular complexity index is 558. The third-order valence-electron chi connectivity index (χ3n) is 4.87. The molecule has 1 saturated carbocycles. The van der Waals surface area contributed by atoms with Crippen LogP contribution in [0, 0.1) is 12.8 Å². The topological polar surface area (TPSA) is 49.4 Å². The number of aryl methyl sites for hydroxylation is 1. The Morgan fingerprint density at radius 2 is 1.86 bits per heavy atom. The molecule has 1 aliphatic carbocycles. The monoisotopic (exact) mass is 300 g/mol. The van der Waals surface area contributed by atoms with E-state index < -0.39 is 0 Å². The van der Waals surface area contributed by atoms with Gasteiger partial charge in [-0.3, -0.25) is 9.59 Å². The van der Waals surface area contributed by atoms with Crippen molar-refractivity contribution in [1.29, 1.82) is 0 Å². The van der Waals surface area contributed by atoms with E-state index in [0.717, 1.165) is 49.9 Å². The Morgan fingerprint density at radius 1 is 1.14 bits per heavy atom. The van der Waals surface area contributed by atoms with Gasteiger partial charge in [-0.15, -0.1) is 0 Å². The standard InChI is InChI=1S/C18H24N2O2/c1-13-4-2-7-15(12-13)18(22)20-10-8-16(9-11-20)19-17(21)14-5-3-6-14/h2,4,7,12,14,16H,3,5-6,8-11H2,1H3,(H,19,21). The molecule has 1 saturated heterocycles. The van der Waals surface area contributed by atoms with Crippen LogP contribution < -0.4 is 5.32 Å². The fourth-order valence-corrected chi connectivity index (χ4v) is 3.18. The van der Waals surface area contributed by atoms with Gasteiger partial charge < -0.3 is 10.2 Å². The second-order valence-electron chi connectivity index (χ2n) is 6.57. The molecule has 2 aliphatic rings. The maximum Gasteiger partial charge on any atom is 0.253 e. The van der Waals surface area contributed by atoms with Gasteiger partial charge in [-0.05, 0) is 44.7 Å². The van der Waals surface area contributed by atoms with Crippen LogP contribution >= 0.6 is 0 Å². The second kappa shape index (κ2) is 6.51. The third-order valence-corrected chi connectivity index (χ3v) is 4.87. The fraction of sp³-hybridized carbons (Fsp3) is 0.556. The van der Waals surface area contributed by atoms with Crippen LogP contribution in [0.3, 0.4) is 0 Å². The fourth-order valence-electron chi connectivity index (χ4n) is 3.18.